The molecule has 0 bridgehead atoms. The van der Waals surface area contributed by atoms with E-state index in [1.165, 1.54) is 6.42 Å². The predicted octanol–water partition coefficient (Wildman–Crippen LogP) is 2.51. The van der Waals surface area contributed by atoms with Gasteiger partial charge in [0, 0.05) is 31.2 Å². The molecule has 1 saturated heterocycles. The van der Waals surface area contributed by atoms with Crippen LogP contribution in [0.3, 0.4) is 0 Å². The van der Waals surface area contributed by atoms with E-state index in [1.807, 2.05) is 0 Å². The van der Waals surface area contributed by atoms with Crippen molar-refractivity contribution >= 4 is 0 Å². The SMILES string of the molecule is CCC1COC(C)CN1C(CNC(C)C)C(C)C. The van der Waals surface area contributed by atoms with Gasteiger partial charge in [0.1, 0.15) is 0 Å². The van der Waals surface area contributed by atoms with E-state index in [-0.39, 0.29) is 0 Å². The fourth-order valence-electron chi connectivity index (χ4n) is 2.72. The first-order chi connectivity index (χ1) is 8.45. The number of nitrogens with zero attached hydrogens (tertiary/aromatic N) is 1. The Hall–Kier alpha value is -0.120. The van der Waals surface area contributed by atoms with Gasteiger partial charge in [-0.3, -0.25) is 4.90 Å². The van der Waals surface area contributed by atoms with E-state index in [4.69, 9.17) is 4.74 Å². The minimum absolute atomic E-state index is 0.369. The third-order valence-electron chi connectivity index (χ3n) is 3.91. The third-order valence-corrected chi connectivity index (χ3v) is 3.91. The molecular weight excluding hydrogens is 224 g/mol. The van der Waals surface area contributed by atoms with Gasteiger partial charge >= 0.3 is 0 Å². The fourth-order valence-corrected chi connectivity index (χ4v) is 2.72. The number of nitrogens with one attached hydrogen (secondary N) is 1. The molecule has 3 unspecified atom stereocenters. The van der Waals surface area contributed by atoms with Gasteiger partial charge in [-0.05, 0) is 19.3 Å². The van der Waals surface area contributed by atoms with Gasteiger partial charge in [-0.15, -0.1) is 0 Å². The summed E-state index contributed by atoms with van der Waals surface area (Å²) in [4.78, 5) is 2.67. The number of hydrogen-bond donors (Lipinski definition) is 1. The molecule has 3 atom stereocenters. The van der Waals surface area contributed by atoms with Crippen LogP contribution < -0.4 is 5.32 Å². The zero-order valence-electron chi connectivity index (χ0n) is 13.1. The van der Waals surface area contributed by atoms with Gasteiger partial charge < -0.3 is 10.1 Å². The van der Waals surface area contributed by atoms with E-state index in [1.54, 1.807) is 0 Å². The van der Waals surface area contributed by atoms with Crippen molar-refractivity contribution in [1.82, 2.24) is 10.2 Å². The number of ether oxygens (including phenoxy) is 1. The number of hydrogen-bond acceptors (Lipinski definition) is 3. The molecular formula is C15H32N2O. The maximum Gasteiger partial charge on any atom is 0.0674 e. The molecule has 0 aromatic heterocycles. The second-order valence-corrected chi connectivity index (χ2v) is 6.28. The van der Waals surface area contributed by atoms with Gasteiger partial charge in [-0.1, -0.05) is 34.6 Å². The lowest BCUT2D eigenvalue weighted by Gasteiger charge is -2.45. The van der Waals surface area contributed by atoms with Crippen molar-refractivity contribution in [3.8, 4) is 0 Å². The van der Waals surface area contributed by atoms with Crippen LogP contribution in [0.15, 0.2) is 0 Å². The Morgan fingerprint density at radius 2 is 1.94 bits per heavy atom. The lowest BCUT2D eigenvalue weighted by atomic mass is 9.97. The van der Waals surface area contributed by atoms with E-state index in [2.05, 4.69) is 51.8 Å². The van der Waals surface area contributed by atoms with Crippen molar-refractivity contribution in [2.75, 3.05) is 19.7 Å². The van der Waals surface area contributed by atoms with Gasteiger partial charge in [0.15, 0.2) is 0 Å². The van der Waals surface area contributed by atoms with E-state index >= 15 is 0 Å². The summed E-state index contributed by atoms with van der Waals surface area (Å²) in [5.74, 6) is 0.676. The van der Waals surface area contributed by atoms with E-state index < -0.39 is 0 Å². The highest BCUT2D eigenvalue weighted by Crippen LogP contribution is 2.21. The monoisotopic (exact) mass is 256 g/mol. The van der Waals surface area contributed by atoms with Crippen LogP contribution in [0.2, 0.25) is 0 Å². The Kier molecular flexibility index (Phi) is 6.61. The lowest BCUT2D eigenvalue weighted by Crippen LogP contribution is -2.57. The minimum Gasteiger partial charge on any atom is -0.376 e. The summed E-state index contributed by atoms with van der Waals surface area (Å²) in [7, 11) is 0. The molecule has 0 saturated carbocycles. The van der Waals surface area contributed by atoms with Crippen LogP contribution in [0.1, 0.15) is 48.0 Å². The number of morpholine rings is 1. The van der Waals surface area contributed by atoms with E-state index in [0.717, 1.165) is 19.7 Å². The molecule has 0 spiro atoms. The molecule has 0 aromatic rings. The second kappa shape index (κ2) is 7.46. The van der Waals surface area contributed by atoms with Crippen LogP contribution in [0.25, 0.3) is 0 Å². The first-order valence-corrected chi connectivity index (χ1v) is 7.56. The Bertz CT molecular complexity index is 231. The van der Waals surface area contributed by atoms with Crippen LogP contribution in [0, 0.1) is 5.92 Å². The van der Waals surface area contributed by atoms with Crippen molar-refractivity contribution in [2.45, 2.75) is 72.2 Å². The third kappa shape index (κ3) is 4.52. The Morgan fingerprint density at radius 1 is 1.28 bits per heavy atom. The number of rotatable bonds is 6. The molecule has 108 valence electrons. The van der Waals surface area contributed by atoms with Gasteiger partial charge in [-0.25, -0.2) is 0 Å². The molecule has 1 rings (SSSR count). The molecule has 0 amide bonds. The molecule has 18 heavy (non-hydrogen) atoms. The smallest absolute Gasteiger partial charge is 0.0674 e. The molecule has 1 aliphatic heterocycles. The highest BCUT2D eigenvalue weighted by molar-refractivity contribution is 4.86. The summed E-state index contributed by atoms with van der Waals surface area (Å²) in [6.07, 6.45) is 1.55. The molecule has 1 fully saturated rings. The topological polar surface area (TPSA) is 24.5 Å². The van der Waals surface area contributed by atoms with Crippen molar-refractivity contribution in [1.29, 1.82) is 0 Å². The molecule has 0 aromatic carbocycles. The molecule has 3 nitrogen and oxygen atoms in total. The Morgan fingerprint density at radius 3 is 2.44 bits per heavy atom. The summed E-state index contributed by atoms with van der Waals surface area (Å²) >= 11 is 0. The summed E-state index contributed by atoms with van der Waals surface area (Å²) in [6.45, 7) is 16.6. The first kappa shape index (κ1) is 15.9. The molecule has 0 radical (unpaired) electrons. The lowest BCUT2D eigenvalue weighted by molar-refractivity contribution is -0.0790. The maximum absolute atomic E-state index is 5.80. The second-order valence-electron chi connectivity index (χ2n) is 6.28. The Balaban J connectivity index is 2.68. The van der Waals surface area contributed by atoms with Crippen molar-refractivity contribution in [3.63, 3.8) is 0 Å². The zero-order valence-corrected chi connectivity index (χ0v) is 13.1. The molecule has 1 aliphatic rings. The van der Waals surface area contributed by atoms with Crippen LogP contribution >= 0.6 is 0 Å². The van der Waals surface area contributed by atoms with Crippen LogP contribution in [-0.2, 0) is 4.74 Å². The summed E-state index contributed by atoms with van der Waals surface area (Å²) in [6, 6.07) is 1.76. The van der Waals surface area contributed by atoms with Crippen molar-refractivity contribution < 1.29 is 4.74 Å². The maximum atomic E-state index is 5.80. The van der Waals surface area contributed by atoms with Gasteiger partial charge in [0.25, 0.3) is 0 Å². The van der Waals surface area contributed by atoms with E-state index in [0.29, 0.717) is 30.1 Å². The molecule has 1 N–H and O–H groups in total. The van der Waals surface area contributed by atoms with Gasteiger partial charge in [0.2, 0.25) is 0 Å². The average Bonchev–Trinajstić information content (AvgIpc) is 2.28. The van der Waals surface area contributed by atoms with Crippen molar-refractivity contribution in [3.05, 3.63) is 0 Å². The molecule has 0 aliphatic carbocycles. The first-order valence-electron chi connectivity index (χ1n) is 7.56. The summed E-state index contributed by atoms with van der Waals surface area (Å²) < 4.78 is 5.80. The Labute approximate surface area is 113 Å². The average molecular weight is 256 g/mol. The molecule has 1 heterocycles. The van der Waals surface area contributed by atoms with Crippen LogP contribution in [0.4, 0.5) is 0 Å². The van der Waals surface area contributed by atoms with Crippen molar-refractivity contribution in [2.24, 2.45) is 5.92 Å². The highest BCUT2D eigenvalue weighted by Gasteiger charge is 2.32. The minimum atomic E-state index is 0.369. The van der Waals surface area contributed by atoms with Crippen LogP contribution in [-0.4, -0.2) is 48.8 Å². The summed E-state index contributed by atoms with van der Waals surface area (Å²) in [5, 5.41) is 3.60. The van der Waals surface area contributed by atoms with Gasteiger partial charge in [0.05, 0.1) is 12.7 Å². The van der Waals surface area contributed by atoms with Gasteiger partial charge in [-0.2, -0.15) is 0 Å². The largest absolute Gasteiger partial charge is 0.376 e. The van der Waals surface area contributed by atoms with E-state index in [9.17, 15) is 0 Å². The molecule has 3 heteroatoms. The fraction of sp³-hybridized carbons (Fsp3) is 1.00. The highest BCUT2D eigenvalue weighted by atomic mass is 16.5. The summed E-state index contributed by atoms with van der Waals surface area (Å²) in [5.41, 5.74) is 0. The van der Waals surface area contributed by atoms with Crippen LogP contribution in [0.5, 0.6) is 0 Å². The standard InChI is InChI=1S/C15H32N2O/c1-7-14-10-18-13(6)9-17(14)15(11(2)3)8-16-12(4)5/h11-16H,7-10H2,1-6H3. The quantitative estimate of drug-likeness (QED) is 0.790. The zero-order chi connectivity index (χ0) is 13.7. The predicted molar refractivity (Wildman–Crippen MR) is 78.0 cm³/mol. The normalized spacial score (nSPS) is 28.0.